The van der Waals surface area contributed by atoms with E-state index in [4.69, 9.17) is 19.5 Å². The van der Waals surface area contributed by atoms with Crippen molar-refractivity contribution in [3.05, 3.63) is 143 Å². The summed E-state index contributed by atoms with van der Waals surface area (Å²) in [5, 5.41) is 0. The first-order valence-electron chi connectivity index (χ1n) is 11.9. The van der Waals surface area contributed by atoms with E-state index >= 15 is 0 Å². The topological polar surface area (TPSA) is 43.2 Å². The Hall–Kier alpha value is -4.70. The Morgan fingerprint density at radius 2 is 0.806 bits per heavy atom. The van der Waals surface area contributed by atoms with Crippen molar-refractivity contribution in [1.82, 2.24) is 0 Å². The maximum absolute atomic E-state index is 6.50. The molecule has 0 amide bonds. The zero-order chi connectivity index (χ0) is 24.5. The molecule has 2 heterocycles. The van der Waals surface area contributed by atoms with E-state index in [1.807, 2.05) is 109 Å². The van der Waals surface area contributed by atoms with E-state index < -0.39 is 0 Å². The molecule has 0 saturated carbocycles. The summed E-state index contributed by atoms with van der Waals surface area (Å²) in [5.41, 5.74) is 7.48. The normalized spacial score (nSPS) is 16.9. The van der Waals surface area contributed by atoms with Gasteiger partial charge in [-0.2, -0.15) is 0 Å². The summed E-state index contributed by atoms with van der Waals surface area (Å²) in [5.74, 6) is 2.38. The highest BCUT2D eigenvalue weighted by molar-refractivity contribution is 6.28. The highest BCUT2D eigenvalue weighted by Gasteiger charge is 2.42. The van der Waals surface area contributed by atoms with Gasteiger partial charge in [-0.05, 0) is 38.1 Å². The summed E-state index contributed by atoms with van der Waals surface area (Å²) < 4.78 is 13.0. The second-order valence-corrected chi connectivity index (χ2v) is 8.85. The van der Waals surface area contributed by atoms with Gasteiger partial charge in [0.2, 0.25) is 11.8 Å². The number of ether oxygens (including phenoxy) is 2. The Balaban J connectivity index is 1.58. The number of benzene rings is 4. The summed E-state index contributed by atoms with van der Waals surface area (Å²) in [6.45, 7) is 4.12. The second kappa shape index (κ2) is 9.16. The molecule has 4 aromatic rings. The van der Waals surface area contributed by atoms with Gasteiger partial charge in [-0.3, -0.25) is 0 Å². The number of rotatable bonds is 4. The number of hydrogen-bond donors (Lipinski definition) is 0. The molecule has 2 aliphatic rings. The number of nitrogens with zero attached hydrogens (tertiary/aromatic N) is 2. The first-order chi connectivity index (χ1) is 17.7. The van der Waals surface area contributed by atoms with Crippen molar-refractivity contribution in [2.75, 3.05) is 0 Å². The minimum Gasteiger partial charge on any atom is -0.437 e. The standard InChI is InChI=1S/C32H24N2O2/c1-21-13-17-25(18-14-21)33-31-27-28(30(35-31)24-11-7-4-8-12-24)32(34-26-19-15-22(2)16-20-26)36-29(27)23-9-5-3-6-10-23/h3-20H,1-2H3. The molecule has 0 saturated heterocycles. The van der Waals surface area contributed by atoms with Crippen LogP contribution < -0.4 is 0 Å². The van der Waals surface area contributed by atoms with Crippen LogP contribution in [0.25, 0.3) is 11.5 Å². The molecule has 4 aromatic carbocycles. The van der Waals surface area contributed by atoms with E-state index in [2.05, 4.69) is 13.8 Å². The van der Waals surface area contributed by atoms with Crippen LogP contribution in [-0.2, 0) is 9.47 Å². The lowest BCUT2D eigenvalue weighted by Gasteiger charge is -2.10. The molecule has 0 aromatic heterocycles. The van der Waals surface area contributed by atoms with Crippen LogP contribution in [0.15, 0.2) is 130 Å². The molecule has 174 valence electrons. The molecule has 0 N–H and O–H groups in total. The van der Waals surface area contributed by atoms with Gasteiger partial charge >= 0.3 is 0 Å². The average molecular weight is 469 g/mol. The van der Waals surface area contributed by atoms with Gasteiger partial charge in [-0.25, -0.2) is 9.98 Å². The molecular weight excluding hydrogens is 444 g/mol. The van der Waals surface area contributed by atoms with Crippen LogP contribution in [0.5, 0.6) is 0 Å². The second-order valence-electron chi connectivity index (χ2n) is 8.85. The molecular formula is C32H24N2O2. The minimum atomic E-state index is 0.501. The third-order valence-corrected chi connectivity index (χ3v) is 6.13. The lowest BCUT2D eigenvalue weighted by atomic mass is 10.0. The van der Waals surface area contributed by atoms with Crippen LogP contribution in [0.1, 0.15) is 22.3 Å². The van der Waals surface area contributed by atoms with Gasteiger partial charge in [0, 0.05) is 11.1 Å². The zero-order valence-electron chi connectivity index (χ0n) is 20.1. The molecule has 0 unspecified atom stereocenters. The van der Waals surface area contributed by atoms with E-state index in [0.717, 1.165) is 33.6 Å². The molecule has 36 heavy (non-hydrogen) atoms. The minimum absolute atomic E-state index is 0.501. The molecule has 0 spiro atoms. The SMILES string of the molecule is Cc1ccc(N=C2OC(c3ccccc3)=C3C(=Nc4ccc(C)cc4)OC(c4ccccc4)=C23)cc1. The summed E-state index contributed by atoms with van der Waals surface area (Å²) in [6.07, 6.45) is 0. The highest BCUT2D eigenvalue weighted by Crippen LogP contribution is 2.45. The fourth-order valence-corrected chi connectivity index (χ4v) is 4.25. The average Bonchev–Trinajstić information content (AvgIpc) is 3.47. The summed E-state index contributed by atoms with van der Waals surface area (Å²) in [6, 6.07) is 36.2. The van der Waals surface area contributed by atoms with Gasteiger partial charge < -0.3 is 9.47 Å². The molecule has 2 aliphatic heterocycles. The van der Waals surface area contributed by atoms with Crippen molar-refractivity contribution in [2.24, 2.45) is 9.98 Å². The molecule has 0 radical (unpaired) electrons. The lowest BCUT2D eigenvalue weighted by molar-refractivity contribution is 0.499. The maximum Gasteiger partial charge on any atom is 0.231 e. The molecule has 4 nitrogen and oxygen atoms in total. The Kier molecular flexibility index (Phi) is 5.55. The van der Waals surface area contributed by atoms with Crippen LogP contribution in [-0.4, -0.2) is 11.8 Å². The van der Waals surface area contributed by atoms with Gasteiger partial charge in [0.1, 0.15) is 11.5 Å². The predicted molar refractivity (Wildman–Crippen MR) is 145 cm³/mol. The lowest BCUT2D eigenvalue weighted by Crippen LogP contribution is -2.02. The van der Waals surface area contributed by atoms with E-state index in [1.165, 1.54) is 11.1 Å². The largest absolute Gasteiger partial charge is 0.437 e. The summed E-state index contributed by atoms with van der Waals surface area (Å²) in [7, 11) is 0. The molecule has 0 aliphatic carbocycles. The Bertz CT molecular complexity index is 1420. The Labute approximate surface area is 210 Å². The van der Waals surface area contributed by atoms with E-state index in [9.17, 15) is 0 Å². The smallest absolute Gasteiger partial charge is 0.231 e. The molecule has 0 bridgehead atoms. The van der Waals surface area contributed by atoms with E-state index in [0.29, 0.717) is 23.3 Å². The first kappa shape index (κ1) is 21.8. The number of fused-ring (bicyclic) bond motifs is 1. The number of aryl methyl sites for hydroxylation is 2. The fraction of sp³-hybridized carbons (Fsp3) is 0.0625. The van der Waals surface area contributed by atoms with Gasteiger partial charge in [-0.1, -0.05) is 96.1 Å². The van der Waals surface area contributed by atoms with Crippen LogP contribution in [0.2, 0.25) is 0 Å². The van der Waals surface area contributed by atoms with Crippen LogP contribution >= 0.6 is 0 Å². The van der Waals surface area contributed by atoms with Crippen molar-refractivity contribution in [3.8, 4) is 0 Å². The third kappa shape index (κ3) is 4.14. The van der Waals surface area contributed by atoms with Gasteiger partial charge in [-0.15, -0.1) is 0 Å². The summed E-state index contributed by atoms with van der Waals surface area (Å²) >= 11 is 0. The van der Waals surface area contributed by atoms with Crippen molar-refractivity contribution in [1.29, 1.82) is 0 Å². The first-order valence-corrected chi connectivity index (χ1v) is 11.9. The number of hydrogen-bond acceptors (Lipinski definition) is 4. The fourth-order valence-electron chi connectivity index (χ4n) is 4.25. The van der Waals surface area contributed by atoms with Crippen molar-refractivity contribution in [3.63, 3.8) is 0 Å². The number of aliphatic imine (C=N–C) groups is 2. The molecule has 0 atom stereocenters. The van der Waals surface area contributed by atoms with Crippen LogP contribution in [0.3, 0.4) is 0 Å². The molecule has 0 fully saturated rings. The maximum atomic E-state index is 6.50. The predicted octanol–water partition coefficient (Wildman–Crippen LogP) is 7.95. The molecule has 6 rings (SSSR count). The van der Waals surface area contributed by atoms with Gasteiger partial charge in [0.15, 0.2) is 0 Å². The molecule has 4 heteroatoms. The highest BCUT2D eigenvalue weighted by atomic mass is 16.5. The Morgan fingerprint density at radius 3 is 1.17 bits per heavy atom. The van der Waals surface area contributed by atoms with Crippen molar-refractivity contribution < 1.29 is 9.47 Å². The zero-order valence-corrected chi connectivity index (χ0v) is 20.1. The summed E-state index contributed by atoms with van der Waals surface area (Å²) in [4.78, 5) is 9.81. The van der Waals surface area contributed by atoms with Crippen molar-refractivity contribution in [2.45, 2.75) is 13.8 Å². The third-order valence-electron chi connectivity index (χ3n) is 6.13. The van der Waals surface area contributed by atoms with Crippen molar-refractivity contribution >= 4 is 34.7 Å². The quantitative estimate of drug-likeness (QED) is 0.305. The van der Waals surface area contributed by atoms with Gasteiger partial charge in [0.25, 0.3) is 0 Å². The van der Waals surface area contributed by atoms with E-state index in [-0.39, 0.29) is 0 Å². The van der Waals surface area contributed by atoms with Crippen LogP contribution in [0, 0.1) is 13.8 Å². The van der Waals surface area contributed by atoms with Crippen LogP contribution in [0.4, 0.5) is 11.4 Å². The van der Waals surface area contributed by atoms with E-state index in [1.54, 1.807) is 0 Å². The Morgan fingerprint density at radius 1 is 0.444 bits per heavy atom. The van der Waals surface area contributed by atoms with Gasteiger partial charge in [0.05, 0.1) is 22.5 Å². The monoisotopic (exact) mass is 468 g/mol.